The Balaban J connectivity index is 1.43. The number of rotatable bonds is 4. The van der Waals surface area contributed by atoms with Crippen LogP contribution in [0.25, 0.3) is 11.1 Å². The number of hydroxylamine groups is 2. The second-order valence-electron chi connectivity index (χ2n) is 6.07. The van der Waals surface area contributed by atoms with Crippen LogP contribution in [0.2, 0.25) is 0 Å². The topological polar surface area (TPSA) is 32.7 Å². The van der Waals surface area contributed by atoms with Crippen LogP contribution < -0.4 is 0 Å². The zero-order valence-electron chi connectivity index (χ0n) is 12.4. The van der Waals surface area contributed by atoms with Crippen molar-refractivity contribution >= 4 is 0 Å². The van der Waals surface area contributed by atoms with Gasteiger partial charge in [0.1, 0.15) is 0 Å². The number of hydrogen-bond donors (Lipinski definition) is 1. The van der Waals surface area contributed by atoms with Gasteiger partial charge in [0.05, 0.1) is 6.54 Å². The van der Waals surface area contributed by atoms with Gasteiger partial charge in [-0.15, -0.1) is 0 Å². The van der Waals surface area contributed by atoms with E-state index in [1.165, 1.54) is 11.1 Å². The first-order valence-electron chi connectivity index (χ1n) is 7.75. The summed E-state index contributed by atoms with van der Waals surface area (Å²) in [6, 6.07) is 18.8. The summed E-state index contributed by atoms with van der Waals surface area (Å²) in [5.41, 5.74) is 3.58. The van der Waals surface area contributed by atoms with Crippen molar-refractivity contribution in [2.75, 3.05) is 0 Å². The molecule has 112 valence electrons. The molecule has 0 radical (unpaired) electrons. The average molecular weight is 293 g/mol. The third kappa shape index (κ3) is 2.65. The largest absolute Gasteiger partial charge is 0.360 e. The molecule has 4 rings (SSSR count). The molecular formula is C19H19NO2. The average Bonchev–Trinajstić information content (AvgIpc) is 3.35. The normalized spacial score (nSPS) is 24.0. The lowest BCUT2D eigenvalue weighted by Crippen LogP contribution is -2.33. The van der Waals surface area contributed by atoms with Gasteiger partial charge in [0.25, 0.3) is 0 Å². The summed E-state index contributed by atoms with van der Waals surface area (Å²) in [7, 11) is 0. The van der Waals surface area contributed by atoms with E-state index in [1.807, 2.05) is 24.4 Å². The third-order valence-electron chi connectivity index (χ3n) is 4.30. The van der Waals surface area contributed by atoms with Gasteiger partial charge in [0, 0.05) is 12.1 Å². The van der Waals surface area contributed by atoms with Crippen molar-refractivity contribution in [1.29, 1.82) is 0 Å². The van der Waals surface area contributed by atoms with Gasteiger partial charge in [-0.3, -0.25) is 5.06 Å². The molecule has 2 aromatic rings. The predicted octanol–water partition coefficient (Wildman–Crippen LogP) is 3.71. The van der Waals surface area contributed by atoms with E-state index in [-0.39, 0.29) is 5.92 Å². The Morgan fingerprint density at radius 2 is 1.68 bits per heavy atom. The molecule has 0 bridgehead atoms. The zero-order chi connectivity index (χ0) is 15.0. The summed E-state index contributed by atoms with van der Waals surface area (Å²) in [6.07, 6.45) is 5.69. The Morgan fingerprint density at radius 1 is 1.00 bits per heavy atom. The molecule has 3 heteroatoms. The van der Waals surface area contributed by atoms with Crippen LogP contribution >= 0.6 is 0 Å². The fourth-order valence-corrected chi connectivity index (χ4v) is 2.84. The number of nitrogens with zero attached hydrogens (tertiary/aromatic N) is 1. The molecule has 1 N–H and O–H groups in total. The quantitative estimate of drug-likeness (QED) is 0.932. The summed E-state index contributed by atoms with van der Waals surface area (Å²) in [5.74, 6) is -0.821. The van der Waals surface area contributed by atoms with Gasteiger partial charge in [-0.2, -0.15) is 0 Å². The smallest absolute Gasteiger partial charge is 0.215 e. The predicted molar refractivity (Wildman–Crippen MR) is 85.3 cm³/mol. The molecule has 1 atom stereocenters. The van der Waals surface area contributed by atoms with E-state index in [1.54, 1.807) is 11.1 Å². The van der Waals surface area contributed by atoms with Crippen molar-refractivity contribution < 1.29 is 9.94 Å². The molecule has 1 aliphatic carbocycles. The Kier molecular flexibility index (Phi) is 3.25. The lowest BCUT2D eigenvalue weighted by atomic mass is 10.0. The van der Waals surface area contributed by atoms with Crippen LogP contribution in [0.5, 0.6) is 0 Å². The maximum atomic E-state index is 10.3. The van der Waals surface area contributed by atoms with E-state index in [0.717, 1.165) is 18.4 Å². The van der Waals surface area contributed by atoms with E-state index in [9.17, 15) is 5.11 Å². The minimum Gasteiger partial charge on any atom is -0.360 e. The van der Waals surface area contributed by atoms with E-state index < -0.39 is 5.79 Å². The van der Waals surface area contributed by atoms with Crippen LogP contribution in [0.15, 0.2) is 66.9 Å². The van der Waals surface area contributed by atoms with E-state index in [2.05, 4.69) is 36.4 Å². The molecule has 2 aromatic carbocycles. The first kappa shape index (κ1) is 13.6. The highest BCUT2D eigenvalue weighted by Gasteiger charge is 2.47. The Labute approximate surface area is 130 Å². The first-order chi connectivity index (χ1) is 10.7. The lowest BCUT2D eigenvalue weighted by molar-refractivity contribution is -0.281. The van der Waals surface area contributed by atoms with Crippen LogP contribution in [0.3, 0.4) is 0 Å². The summed E-state index contributed by atoms with van der Waals surface area (Å²) < 4.78 is 0. The first-order valence-corrected chi connectivity index (χ1v) is 7.75. The molecule has 1 aliphatic heterocycles. The Bertz CT molecular complexity index is 676. The molecule has 1 saturated carbocycles. The minimum absolute atomic E-state index is 0.259. The molecular weight excluding hydrogens is 274 g/mol. The number of aliphatic hydroxyl groups is 1. The third-order valence-corrected chi connectivity index (χ3v) is 4.30. The number of hydrogen-bond acceptors (Lipinski definition) is 3. The minimum atomic E-state index is -1.08. The van der Waals surface area contributed by atoms with Gasteiger partial charge in [-0.1, -0.05) is 54.6 Å². The summed E-state index contributed by atoms with van der Waals surface area (Å²) in [6.45, 7) is 0.639. The van der Waals surface area contributed by atoms with Gasteiger partial charge >= 0.3 is 0 Å². The van der Waals surface area contributed by atoms with E-state index in [4.69, 9.17) is 4.84 Å². The van der Waals surface area contributed by atoms with Crippen LogP contribution in [0.4, 0.5) is 0 Å². The van der Waals surface area contributed by atoms with Gasteiger partial charge in [-0.05, 0) is 35.6 Å². The Hall–Kier alpha value is -2.10. The molecule has 1 heterocycles. The van der Waals surface area contributed by atoms with Crippen molar-refractivity contribution in [3.8, 4) is 11.1 Å². The second kappa shape index (κ2) is 5.27. The maximum Gasteiger partial charge on any atom is 0.215 e. The van der Waals surface area contributed by atoms with E-state index >= 15 is 0 Å². The molecule has 2 aliphatic rings. The van der Waals surface area contributed by atoms with Crippen LogP contribution in [-0.2, 0) is 11.4 Å². The van der Waals surface area contributed by atoms with Crippen molar-refractivity contribution in [2.45, 2.75) is 25.2 Å². The van der Waals surface area contributed by atoms with Gasteiger partial charge in [-0.25, -0.2) is 4.84 Å². The molecule has 0 aromatic heterocycles. The number of benzene rings is 2. The molecule has 1 fully saturated rings. The molecule has 0 saturated heterocycles. The van der Waals surface area contributed by atoms with E-state index in [0.29, 0.717) is 6.54 Å². The summed E-state index contributed by atoms with van der Waals surface area (Å²) in [5, 5.41) is 12.0. The van der Waals surface area contributed by atoms with Gasteiger partial charge in [0.2, 0.25) is 5.79 Å². The molecule has 22 heavy (non-hydrogen) atoms. The SMILES string of the molecule is OC1(C2CC2)C=CN(Cc2ccc(-c3ccccc3)cc2)O1. The molecule has 1 unspecified atom stereocenters. The monoisotopic (exact) mass is 293 g/mol. The van der Waals surface area contributed by atoms with Crippen molar-refractivity contribution in [1.82, 2.24) is 5.06 Å². The van der Waals surface area contributed by atoms with Gasteiger partial charge < -0.3 is 5.11 Å². The van der Waals surface area contributed by atoms with Crippen molar-refractivity contribution in [3.63, 3.8) is 0 Å². The Morgan fingerprint density at radius 3 is 2.36 bits per heavy atom. The molecule has 3 nitrogen and oxygen atoms in total. The highest BCUT2D eigenvalue weighted by Crippen LogP contribution is 2.44. The molecule has 0 spiro atoms. The highest BCUT2D eigenvalue weighted by atomic mass is 16.8. The van der Waals surface area contributed by atoms with Gasteiger partial charge in [0.15, 0.2) is 0 Å². The lowest BCUT2D eigenvalue weighted by Gasteiger charge is -2.24. The van der Waals surface area contributed by atoms with Crippen LogP contribution in [0.1, 0.15) is 18.4 Å². The zero-order valence-corrected chi connectivity index (χ0v) is 12.4. The van der Waals surface area contributed by atoms with Crippen LogP contribution in [0, 0.1) is 5.92 Å². The summed E-state index contributed by atoms with van der Waals surface area (Å²) in [4.78, 5) is 5.67. The summed E-state index contributed by atoms with van der Waals surface area (Å²) >= 11 is 0. The second-order valence-corrected chi connectivity index (χ2v) is 6.07. The maximum absolute atomic E-state index is 10.3. The highest BCUT2D eigenvalue weighted by molar-refractivity contribution is 5.63. The van der Waals surface area contributed by atoms with Crippen molar-refractivity contribution in [3.05, 3.63) is 72.4 Å². The van der Waals surface area contributed by atoms with Crippen molar-refractivity contribution in [2.24, 2.45) is 5.92 Å². The molecule has 0 amide bonds. The standard InChI is InChI=1S/C19H19NO2/c21-19(18-10-11-18)12-13-20(22-19)14-15-6-8-17(9-7-15)16-4-2-1-3-5-16/h1-9,12-13,18,21H,10-11,14H2. The fraction of sp³-hybridized carbons (Fsp3) is 0.263. The van der Waals surface area contributed by atoms with Crippen LogP contribution in [-0.4, -0.2) is 16.0 Å². The fourth-order valence-electron chi connectivity index (χ4n) is 2.84.